The molecule has 352 valence electrons. The SMILES string of the molecule is C[C@@H](Cc1cccc(CN)c1)Nc1nccc(N(C)c2nc(-c3ccccc3)cc3ncnn23)n1.C[C@@H](Cc1cccc(CO)c1)Nc1nccc(N(C)c2nc(-c3ccccc3)cc3ncnn23)n1. The van der Waals surface area contributed by atoms with Crippen LogP contribution in [0.4, 0.5) is 35.4 Å². The lowest BCUT2D eigenvalue weighted by molar-refractivity contribution is 0.281. The first-order chi connectivity index (χ1) is 34.2. The Morgan fingerprint density at radius 1 is 0.529 bits per heavy atom. The zero-order valence-electron chi connectivity index (χ0n) is 39.3. The molecule has 6 aromatic heterocycles. The van der Waals surface area contributed by atoms with Crippen molar-refractivity contribution in [3.8, 4) is 22.5 Å². The number of nitrogens with zero attached hydrogens (tertiary/aromatic N) is 14. The summed E-state index contributed by atoms with van der Waals surface area (Å²) in [6.07, 6.45) is 8.11. The largest absolute Gasteiger partial charge is 0.392 e. The van der Waals surface area contributed by atoms with Gasteiger partial charge in [0.25, 0.3) is 0 Å². The molecule has 0 unspecified atom stereocenters. The molecule has 5 N–H and O–H groups in total. The zero-order valence-corrected chi connectivity index (χ0v) is 39.3. The summed E-state index contributed by atoms with van der Waals surface area (Å²) in [7, 11) is 3.81. The number of nitrogens with two attached hydrogens (primary N) is 1. The molecule has 0 saturated carbocycles. The summed E-state index contributed by atoms with van der Waals surface area (Å²) in [5, 5.41) is 24.9. The van der Waals surface area contributed by atoms with Gasteiger partial charge in [-0.3, -0.25) is 9.80 Å². The highest BCUT2D eigenvalue weighted by molar-refractivity contribution is 5.69. The van der Waals surface area contributed by atoms with Gasteiger partial charge >= 0.3 is 0 Å². The standard InChI is InChI=1S/C26H27N9.C26H26N8O/c1-18(13-19-7-6-8-20(14-19)16-27)31-25-28-12-11-23(33-25)34(2)26-32-22(21-9-4-3-5-10-21)15-24-29-17-30-35(24)26;1-18(13-19-7-6-8-20(14-19)16-35)30-25-27-12-11-23(32-25)33(2)26-31-22(21-9-4-3-5-10-21)15-24-28-17-29-34(24)26/h3-12,14-15,17-18H,13,16,27H2,1-2H3,(H,28,31,33);3-12,14-15,17-18,35H,13,16H2,1-2H3,(H,27,30,32)/t2*18-/m00/s1. The average molecular weight is 932 g/mol. The number of aliphatic hydroxyl groups excluding tert-OH is 1. The highest BCUT2D eigenvalue weighted by Crippen LogP contribution is 2.28. The van der Waals surface area contributed by atoms with Crippen molar-refractivity contribution in [1.82, 2.24) is 59.1 Å². The third-order valence-corrected chi connectivity index (χ3v) is 11.4. The molecule has 0 bridgehead atoms. The van der Waals surface area contributed by atoms with E-state index in [4.69, 9.17) is 25.7 Å². The first-order valence-electron chi connectivity index (χ1n) is 22.9. The highest BCUT2D eigenvalue weighted by atomic mass is 16.3. The Kier molecular flexibility index (Phi) is 14.2. The normalized spacial score (nSPS) is 12.0. The van der Waals surface area contributed by atoms with Gasteiger partial charge in [-0.1, -0.05) is 109 Å². The summed E-state index contributed by atoms with van der Waals surface area (Å²) in [5.74, 6) is 3.63. The molecule has 0 saturated heterocycles. The number of hydrogen-bond donors (Lipinski definition) is 4. The van der Waals surface area contributed by atoms with E-state index >= 15 is 0 Å². The molecule has 18 nitrogen and oxygen atoms in total. The quantitative estimate of drug-likeness (QED) is 0.0729. The molecule has 18 heteroatoms. The molecule has 0 aliphatic carbocycles. The van der Waals surface area contributed by atoms with E-state index in [1.54, 1.807) is 21.4 Å². The average Bonchev–Trinajstić information content (AvgIpc) is 4.09. The fourth-order valence-electron chi connectivity index (χ4n) is 7.98. The minimum atomic E-state index is 0.0334. The maximum atomic E-state index is 9.39. The van der Waals surface area contributed by atoms with Crippen molar-refractivity contribution in [2.45, 2.75) is 51.9 Å². The fraction of sp³-hybridized carbons (Fsp3) is 0.192. The van der Waals surface area contributed by atoms with Crippen molar-refractivity contribution in [3.63, 3.8) is 0 Å². The molecule has 6 heterocycles. The number of hydrogen-bond acceptors (Lipinski definition) is 16. The molecule has 0 aliphatic rings. The van der Waals surface area contributed by atoms with Crippen LogP contribution in [-0.2, 0) is 26.0 Å². The smallest absolute Gasteiger partial charge is 0.234 e. The third-order valence-electron chi connectivity index (χ3n) is 11.4. The lowest BCUT2D eigenvalue weighted by Gasteiger charge is -2.20. The monoisotopic (exact) mass is 931 g/mol. The first-order valence-corrected chi connectivity index (χ1v) is 22.9. The third kappa shape index (κ3) is 11.0. The predicted octanol–water partition coefficient (Wildman–Crippen LogP) is 7.74. The summed E-state index contributed by atoms with van der Waals surface area (Å²) in [6, 6.07) is 44.0. The Labute approximate surface area is 405 Å². The van der Waals surface area contributed by atoms with Gasteiger partial charge in [-0.15, -0.1) is 0 Å². The van der Waals surface area contributed by atoms with Gasteiger partial charge in [-0.2, -0.15) is 29.2 Å². The summed E-state index contributed by atoms with van der Waals surface area (Å²) in [6.45, 7) is 4.76. The van der Waals surface area contributed by atoms with Gasteiger partial charge in [0, 0.05) is 68.4 Å². The lowest BCUT2D eigenvalue weighted by Crippen LogP contribution is -2.22. The maximum Gasteiger partial charge on any atom is 0.234 e. The van der Waals surface area contributed by atoms with E-state index in [1.165, 1.54) is 18.2 Å². The second-order valence-electron chi connectivity index (χ2n) is 16.8. The van der Waals surface area contributed by atoms with Gasteiger partial charge in [-0.25, -0.2) is 29.9 Å². The number of fused-ring (bicyclic) bond motifs is 2. The van der Waals surface area contributed by atoms with Crippen molar-refractivity contribution in [1.29, 1.82) is 0 Å². The number of rotatable bonds is 16. The number of anilines is 6. The van der Waals surface area contributed by atoms with Crippen LogP contribution >= 0.6 is 0 Å². The van der Waals surface area contributed by atoms with E-state index in [9.17, 15) is 5.11 Å². The first kappa shape index (κ1) is 46.4. The van der Waals surface area contributed by atoms with E-state index in [0.717, 1.165) is 52.0 Å². The lowest BCUT2D eigenvalue weighted by atomic mass is 10.0. The number of aromatic nitrogens is 12. The molecular formula is C52H53N17O. The fourth-order valence-corrected chi connectivity index (χ4v) is 7.98. The Hall–Kier alpha value is -8.74. The summed E-state index contributed by atoms with van der Waals surface area (Å²) in [5.41, 5.74) is 15.2. The Morgan fingerprint density at radius 2 is 0.971 bits per heavy atom. The van der Waals surface area contributed by atoms with Crippen LogP contribution < -0.4 is 26.2 Å². The topological polar surface area (TPSA) is 215 Å². The van der Waals surface area contributed by atoms with Crippen LogP contribution in [0.25, 0.3) is 33.8 Å². The molecule has 70 heavy (non-hydrogen) atoms. The second kappa shape index (κ2) is 21.5. The van der Waals surface area contributed by atoms with Gasteiger partial charge in [-0.05, 0) is 61.1 Å². The van der Waals surface area contributed by atoms with Crippen LogP contribution in [0.2, 0.25) is 0 Å². The zero-order chi connectivity index (χ0) is 48.4. The van der Waals surface area contributed by atoms with Crippen LogP contribution in [0.3, 0.4) is 0 Å². The molecule has 0 amide bonds. The van der Waals surface area contributed by atoms with Crippen molar-refractivity contribution in [2.24, 2.45) is 5.73 Å². The molecule has 0 spiro atoms. The molecule has 0 aliphatic heterocycles. The van der Waals surface area contributed by atoms with E-state index in [-0.39, 0.29) is 18.7 Å². The Balaban J connectivity index is 0.000000174. The van der Waals surface area contributed by atoms with Crippen LogP contribution in [-0.4, -0.2) is 90.4 Å². The van der Waals surface area contributed by atoms with Crippen molar-refractivity contribution >= 4 is 46.7 Å². The molecular weight excluding hydrogens is 879 g/mol. The highest BCUT2D eigenvalue weighted by Gasteiger charge is 2.19. The van der Waals surface area contributed by atoms with Crippen molar-refractivity contribution in [2.75, 3.05) is 34.5 Å². The molecule has 0 radical (unpaired) electrons. The van der Waals surface area contributed by atoms with E-state index in [1.807, 2.05) is 139 Å². The van der Waals surface area contributed by atoms with Gasteiger partial charge in [0.05, 0.1) is 18.0 Å². The molecule has 4 aromatic carbocycles. The minimum absolute atomic E-state index is 0.0334. The van der Waals surface area contributed by atoms with Gasteiger partial charge in [0.1, 0.15) is 24.3 Å². The molecule has 0 fully saturated rings. The maximum absolute atomic E-state index is 9.39. The van der Waals surface area contributed by atoms with Gasteiger partial charge in [0.15, 0.2) is 11.3 Å². The summed E-state index contributed by atoms with van der Waals surface area (Å²) in [4.78, 5) is 40.5. The Bertz CT molecular complexity index is 3090. The predicted molar refractivity (Wildman–Crippen MR) is 273 cm³/mol. The van der Waals surface area contributed by atoms with Crippen molar-refractivity contribution < 1.29 is 5.11 Å². The number of benzene rings is 4. The Morgan fingerprint density at radius 3 is 1.43 bits per heavy atom. The van der Waals surface area contributed by atoms with E-state index in [2.05, 4.69) is 72.8 Å². The van der Waals surface area contributed by atoms with E-state index < -0.39 is 0 Å². The van der Waals surface area contributed by atoms with E-state index in [0.29, 0.717) is 53.3 Å². The second-order valence-corrected chi connectivity index (χ2v) is 16.8. The van der Waals surface area contributed by atoms with Crippen molar-refractivity contribution in [3.05, 3.63) is 181 Å². The van der Waals surface area contributed by atoms with Gasteiger partial charge < -0.3 is 21.5 Å². The molecule has 10 aromatic rings. The van der Waals surface area contributed by atoms with Crippen LogP contribution in [0.5, 0.6) is 0 Å². The molecule has 10 rings (SSSR count). The van der Waals surface area contributed by atoms with Crippen LogP contribution in [0, 0.1) is 0 Å². The van der Waals surface area contributed by atoms with Crippen LogP contribution in [0.1, 0.15) is 36.1 Å². The minimum Gasteiger partial charge on any atom is -0.392 e. The summed E-state index contributed by atoms with van der Waals surface area (Å²) < 4.78 is 3.40. The molecule has 2 atom stereocenters. The number of nitrogens with one attached hydrogen (secondary N) is 2. The summed E-state index contributed by atoms with van der Waals surface area (Å²) >= 11 is 0. The van der Waals surface area contributed by atoms with Gasteiger partial charge in [0.2, 0.25) is 23.8 Å². The van der Waals surface area contributed by atoms with Crippen LogP contribution in [0.15, 0.2) is 159 Å². The number of aliphatic hydroxyl groups is 1.